The average Bonchev–Trinajstić information content (AvgIpc) is 2.50. The molecule has 0 radical (unpaired) electrons. The van der Waals surface area contributed by atoms with Crippen LogP contribution in [0.15, 0.2) is 54.6 Å². The lowest BCUT2D eigenvalue weighted by Gasteiger charge is -2.32. The van der Waals surface area contributed by atoms with E-state index in [1.807, 2.05) is 42.5 Å². The van der Waals surface area contributed by atoms with Gasteiger partial charge in [-0.25, -0.2) is 0 Å². The summed E-state index contributed by atoms with van der Waals surface area (Å²) in [7, 11) is 0. The molecule has 1 aliphatic rings. The second-order valence-corrected chi connectivity index (χ2v) is 5.23. The zero-order chi connectivity index (χ0) is 13.8. The van der Waals surface area contributed by atoms with Gasteiger partial charge in [0.2, 0.25) is 0 Å². The Labute approximate surface area is 120 Å². The second-order valence-electron chi connectivity index (χ2n) is 5.23. The second kappa shape index (κ2) is 5.97. The van der Waals surface area contributed by atoms with Gasteiger partial charge in [-0.2, -0.15) is 0 Å². The lowest BCUT2D eigenvalue weighted by Crippen LogP contribution is -2.39. The van der Waals surface area contributed by atoms with Gasteiger partial charge in [0.25, 0.3) is 0 Å². The maximum Gasteiger partial charge on any atom is 0.127 e. The van der Waals surface area contributed by atoms with Gasteiger partial charge in [-0.3, -0.25) is 0 Å². The smallest absolute Gasteiger partial charge is 0.127 e. The summed E-state index contributed by atoms with van der Waals surface area (Å²) >= 11 is 0. The van der Waals surface area contributed by atoms with Gasteiger partial charge in [-0.05, 0) is 49.2 Å². The summed E-state index contributed by atoms with van der Waals surface area (Å²) in [5, 5.41) is 0. The third kappa shape index (κ3) is 3.11. The highest BCUT2D eigenvalue weighted by Gasteiger charge is 2.16. The first-order chi connectivity index (χ1) is 9.81. The molecule has 1 aliphatic heterocycles. The fourth-order valence-corrected chi connectivity index (χ4v) is 2.51. The number of hydrogen-bond acceptors (Lipinski definition) is 3. The van der Waals surface area contributed by atoms with E-state index in [-0.39, 0.29) is 0 Å². The van der Waals surface area contributed by atoms with Gasteiger partial charge in [0.1, 0.15) is 11.5 Å². The molecule has 3 nitrogen and oxygen atoms in total. The van der Waals surface area contributed by atoms with Crippen molar-refractivity contribution in [3.8, 4) is 11.5 Å². The molecule has 0 saturated carbocycles. The number of para-hydroxylation sites is 1. The van der Waals surface area contributed by atoms with E-state index in [2.05, 4.69) is 17.0 Å². The Morgan fingerprint density at radius 3 is 2.10 bits per heavy atom. The quantitative estimate of drug-likeness (QED) is 0.927. The third-order valence-corrected chi connectivity index (χ3v) is 3.72. The van der Waals surface area contributed by atoms with Gasteiger partial charge in [-0.15, -0.1) is 0 Å². The van der Waals surface area contributed by atoms with Gasteiger partial charge in [0.15, 0.2) is 0 Å². The number of ether oxygens (including phenoxy) is 1. The van der Waals surface area contributed by atoms with E-state index in [0.29, 0.717) is 6.04 Å². The van der Waals surface area contributed by atoms with Gasteiger partial charge in [0.05, 0.1) is 0 Å². The summed E-state index contributed by atoms with van der Waals surface area (Å²) in [6.07, 6.45) is 2.14. The Morgan fingerprint density at radius 2 is 1.45 bits per heavy atom. The standard InChI is InChI=1S/C17H20N2O/c18-14-10-12-19(13-11-14)15-6-8-17(9-7-15)20-16-4-2-1-3-5-16/h1-9,14H,10-13,18H2. The van der Waals surface area contributed by atoms with E-state index >= 15 is 0 Å². The molecule has 2 aromatic carbocycles. The molecule has 0 atom stereocenters. The van der Waals surface area contributed by atoms with Crippen LogP contribution in [-0.4, -0.2) is 19.1 Å². The lowest BCUT2D eigenvalue weighted by atomic mass is 10.1. The Hall–Kier alpha value is -2.00. The predicted octanol–water partition coefficient (Wildman–Crippen LogP) is 3.41. The SMILES string of the molecule is NC1CCN(c2ccc(Oc3ccccc3)cc2)CC1. The number of nitrogens with zero attached hydrogens (tertiary/aromatic N) is 1. The molecule has 0 bridgehead atoms. The molecule has 1 heterocycles. The van der Waals surface area contributed by atoms with Crippen molar-refractivity contribution in [1.29, 1.82) is 0 Å². The molecular formula is C17H20N2O. The molecule has 0 spiro atoms. The van der Waals surface area contributed by atoms with Crippen molar-refractivity contribution in [3.05, 3.63) is 54.6 Å². The molecule has 3 rings (SSSR count). The molecule has 3 heteroatoms. The molecule has 0 aliphatic carbocycles. The summed E-state index contributed by atoms with van der Waals surface area (Å²) in [6.45, 7) is 2.08. The zero-order valence-corrected chi connectivity index (χ0v) is 11.5. The van der Waals surface area contributed by atoms with E-state index in [4.69, 9.17) is 10.5 Å². The van der Waals surface area contributed by atoms with Crippen LogP contribution in [0.2, 0.25) is 0 Å². The molecule has 2 N–H and O–H groups in total. The monoisotopic (exact) mass is 268 g/mol. The van der Waals surface area contributed by atoms with E-state index in [0.717, 1.165) is 37.4 Å². The van der Waals surface area contributed by atoms with Crippen LogP contribution in [0.25, 0.3) is 0 Å². The van der Waals surface area contributed by atoms with Crippen LogP contribution >= 0.6 is 0 Å². The topological polar surface area (TPSA) is 38.5 Å². The van der Waals surface area contributed by atoms with Crippen molar-refractivity contribution >= 4 is 5.69 Å². The first-order valence-electron chi connectivity index (χ1n) is 7.15. The molecule has 1 saturated heterocycles. The zero-order valence-electron chi connectivity index (χ0n) is 11.5. The number of piperidine rings is 1. The molecule has 0 amide bonds. The van der Waals surface area contributed by atoms with Crippen molar-refractivity contribution < 1.29 is 4.74 Å². The minimum absolute atomic E-state index is 0.368. The normalized spacial score (nSPS) is 16.1. The molecule has 104 valence electrons. The van der Waals surface area contributed by atoms with Crippen molar-refractivity contribution in [3.63, 3.8) is 0 Å². The van der Waals surface area contributed by atoms with E-state index in [1.54, 1.807) is 0 Å². The van der Waals surface area contributed by atoms with Crippen molar-refractivity contribution in [2.75, 3.05) is 18.0 Å². The largest absolute Gasteiger partial charge is 0.457 e. The Bertz CT molecular complexity index is 531. The van der Waals surface area contributed by atoms with Crippen molar-refractivity contribution in [2.24, 2.45) is 5.73 Å². The van der Waals surface area contributed by atoms with Crippen LogP contribution < -0.4 is 15.4 Å². The first-order valence-corrected chi connectivity index (χ1v) is 7.15. The van der Waals surface area contributed by atoms with Crippen LogP contribution in [0, 0.1) is 0 Å². The van der Waals surface area contributed by atoms with Crippen LogP contribution in [0.5, 0.6) is 11.5 Å². The summed E-state index contributed by atoms with van der Waals surface area (Å²) in [5.74, 6) is 1.73. The number of hydrogen-bond donors (Lipinski definition) is 1. The Balaban J connectivity index is 1.65. The van der Waals surface area contributed by atoms with E-state index in [1.165, 1.54) is 5.69 Å². The Kier molecular flexibility index (Phi) is 3.88. The lowest BCUT2D eigenvalue weighted by molar-refractivity contribution is 0.481. The molecule has 0 unspecified atom stereocenters. The van der Waals surface area contributed by atoms with Gasteiger partial charge in [-0.1, -0.05) is 18.2 Å². The molecule has 2 aromatic rings. The summed E-state index contributed by atoms with van der Waals surface area (Å²) in [4.78, 5) is 2.38. The predicted molar refractivity (Wildman–Crippen MR) is 82.4 cm³/mol. The minimum Gasteiger partial charge on any atom is -0.457 e. The van der Waals surface area contributed by atoms with Gasteiger partial charge < -0.3 is 15.4 Å². The highest BCUT2D eigenvalue weighted by molar-refractivity contribution is 5.50. The van der Waals surface area contributed by atoms with Crippen molar-refractivity contribution in [1.82, 2.24) is 0 Å². The minimum atomic E-state index is 0.368. The maximum atomic E-state index is 5.94. The van der Waals surface area contributed by atoms with Gasteiger partial charge in [0, 0.05) is 24.8 Å². The average molecular weight is 268 g/mol. The van der Waals surface area contributed by atoms with E-state index in [9.17, 15) is 0 Å². The summed E-state index contributed by atoms with van der Waals surface area (Å²) in [6, 6.07) is 18.5. The fraction of sp³-hybridized carbons (Fsp3) is 0.294. The number of rotatable bonds is 3. The number of nitrogens with two attached hydrogens (primary N) is 1. The van der Waals surface area contributed by atoms with Crippen LogP contribution in [-0.2, 0) is 0 Å². The molecule has 0 aromatic heterocycles. The Morgan fingerprint density at radius 1 is 0.850 bits per heavy atom. The highest BCUT2D eigenvalue weighted by Crippen LogP contribution is 2.25. The summed E-state index contributed by atoms with van der Waals surface area (Å²) in [5.41, 5.74) is 7.19. The third-order valence-electron chi connectivity index (χ3n) is 3.72. The van der Waals surface area contributed by atoms with Gasteiger partial charge >= 0.3 is 0 Å². The summed E-state index contributed by atoms with van der Waals surface area (Å²) < 4.78 is 5.80. The van der Waals surface area contributed by atoms with E-state index < -0.39 is 0 Å². The molecule has 1 fully saturated rings. The maximum absolute atomic E-state index is 5.94. The van der Waals surface area contributed by atoms with Crippen molar-refractivity contribution in [2.45, 2.75) is 18.9 Å². The molecular weight excluding hydrogens is 248 g/mol. The molecule has 20 heavy (non-hydrogen) atoms. The highest BCUT2D eigenvalue weighted by atomic mass is 16.5. The number of anilines is 1. The number of benzene rings is 2. The van der Waals surface area contributed by atoms with Crippen LogP contribution in [0.3, 0.4) is 0 Å². The van der Waals surface area contributed by atoms with Crippen LogP contribution in [0.1, 0.15) is 12.8 Å². The fourth-order valence-electron chi connectivity index (χ4n) is 2.51. The first kappa shape index (κ1) is 13.0. The van der Waals surface area contributed by atoms with Crippen LogP contribution in [0.4, 0.5) is 5.69 Å².